The van der Waals surface area contributed by atoms with Gasteiger partial charge in [-0.05, 0) is 74.2 Å². The van der Waals surface area contributed by atoms with Gasteiger partial charge in [-0.2, -0.15) is 10.2 Å². The second-order valence-corrected chi connectivity index (χ2v) is 7.68. The minimum Gasteiger partial charge on any atom is -0.278 e. The van der Waals surface area contributed by atoms with E-state index in [-0.39, 0.29) is 11.4 Å². The van der Waals surface area contributed by atoms with E-state index in [0.717, 1.165) is 33.4 Å². The van der Waals surface area contributed by atoms with Crippen molar-refractivity contribution in [1.82, 2.24) is 0 Å². The summed E-state index contributed by atoms with van der Waals surface area (Å²) in [5.41, 5.74) is 13.3. The minimum atomic E-state index is -0.447. The molecular weight excluding hydrogens is 436 g/mol. The van der Waals surface area contributed by atoms with Crippen molar-refractivity contribution < 1.29 is 9.85 Å². The van der Waals surface area contributed by atoms with Gasteiger partial charge in [-0.3, -0.25) is 31.1 Å². The largest absolute Gasteiger partial charge is 0.278 e. The molecule has 174 valence electrons. The van der Waals surface area contributed by atoms with Crippen LogP contribution in [0.1, 0.15) is 33.4 Å². The van der Waals surface area contributed by atoms with E-state index in [0.29, 0.717) is 11.4 Å². The molecular formula is C24H24N6O4. The first kappa shape index (κ1) is 24.1. The summed E-state index contributed by atoms with van der Waals surface area (Å²) in [5.74, 6) is 0. The van der Waals surface area contributed by atoms with E-state index < -0.39 is 9.85 Å². The molecule has 2 N–H and O–H groups in total. The molecule has 0 heterocycles. The van der Waals surface area contributed by atoms with Gasteiger partial charge in [-0.25, -0.2) is 0 Å². The van der Waals surface area contributed by atoms with Crippen LogP contribution in [0.4, 0.5) is 22.7 Å². The lowest BCUT2D eigenvalue weighted by atomic mass is 9.90. The molecule has 0 saturated heterocycles. The molecule has 0 unspecified atom stereocenters. The fourth-order valence-electron chi connectivity index (χ4n) is 3.42. The highest BCUT2D eigenvalue weighted by molar-refractivity contribution is 5.92. The Morgan fingerprint density at radius 3 is 1.18 bits per heavy atom. The zero-order valence-electron chi connectivity index (χ0n) is 19.2. The van der Waals surface area contributed by atoms with Gasteiger partial charge in [-0.15, -0.1) is 0 Å². The molecule has 3 aromatic rings. The van der Waals surface area contributed by atoms with Gasteiger partial charge in [0.05, 0.1) is 33.7 Å². The second-order valence-electron chi connectivity index (χ2n) is 7.68. The highest BCUT2D eigenvalue weighted by Gasteiger charge is 2.13. The number of nitro groups is 2. The normalized spacial score (nSPS) is 11.2. The van der Waals surface area contributed by atoms with Crippen LogP contribution in [0.2, 0.25) is 0 Å². The third kappa shape index (κ3) is 5.41. The fraction of sp³-hybridized carbons (Fsp3) is 0.167. The molecule has 0 bridgehead atoms. The van der Waals surface area contributed by atoms with Crippen molar-refractivity contribution in [1.29, 1.82) is 0 Å². The standard InChI is InChI=1S/C24H24N6O4/c1-15-16(2)24(14-26-28-20-7-11-22(12-8-20)30(33)34)18(4)17(3)23(15)13-25-27-19-5-9-21(10-6-19)29(31)32/h5-14,27-28H,1-4H3/b25-13-,26-14-. The Balaban J connectivity index is 1.76. The number of rotatable bonds is 8. The number of nitrogens with one attached hydrogen (secondary N) is 2. The third-order valence-corrected chi connectivity index (χ3v) is 5.67. The maximum absolute atomic E-state index is 10.8. The molecule has 0 radical (unpaired) electrons. The number of hydrogen-bond donors (Lipinski definition) is 2. The average Bonchev–Trinajstić information content (AvgIpc) is 2.82. The number of anilines is 2. The van der Waals surface area contributed by atoms with Crippen LogP contribution in [0.5, 0.6) is 0 Å². The summed E-state index contributed by atoms with van der Waals surface area (Å²) in [6.07, 6.45) is 3.48. The Kier molecular flexibility index (Phi) is 7.32. The van der Waals surface area contributed by atoms with E-state index >= 15 is 0 Å². The van der Waals surface area contributed by atoms with Crippen LogP contribution < -0.4 is 10.9 Å². The fourth-order valence-corrected chi connectivity index (χ4v) is 3.42. The smallest absolute Gasteiger partial charge is 0.269 e. The van der Waals surface area contributed by atoms with Gasteiger partial charge in [0.1, 0.15) is 0 Å². The molecule has 0 amide bonds. The van der Waals surface area contributed by atoms with Crippen LogP contribution in [-0.2, 0) is 0 Å². The summed E-state index contributed by atoms with van der Waals surface area (Å²) in [4.78, 5) is 20.6. The lowest BCUT2D eigenvalue weighted by molar-refractivity contribution is -0.385. The molecule has 0 fully saturated rings. The van der Waals surface area contributed by atoms with Crippen LogP contribution >= 0.6 is 0 Å². The monoisotopic (exact) mass is 460 g/mol. The molecule has 0 aliphatic carbocycles. The van der Waals surface area contributed by atoms with Crippen molar-refractivity contribution in [3.63, 3.8) is 0 Å². The Hall–Kier alpha value is -4.60. The van der Waals surface area contributed by atoms with Crippen LogP contribution in [0.15, 0.2) is 58.7 Å². The van der Waals surface area contributed by atoms with Crippen molar-refractivity contribution in [3.8, 4) is 0 Å². The molecule has 0 aliphatic rings. The second kappa shape index (κ2) is 10.3. The summed E-state index contributed by atoms with van der Waals surface area (Å²) in [6.45, 7) is 8.04. The third-order valence-electron chi connectivity index (χ3n) is 5.67. The highest BCUT2D eigenvalue weighted by atomic mass is 16.6. The summed E-state index contributed by atoms with van der Waals surface area (Å²) < 4.78 is 0. The summed E-state index contributed by atoms with van der Waals surface area (Å²) in [6, 6.07) is 12.1. The van der Waals surface area contributed by atoms with Gasteiger partial charge in [0.25, 0.3) is 11.4 Å². The minimum absolute atomic E-state index is 0.0211. The SMILES string of the molecule is Cc1c(C)c(/C=N\Nc2ccc([N+](=O)[O-])cc2)c(C)c(C)c1/C=N\Nc1ccc([N+](=O)[O-])cc1. The van der Waals surface area contributed by atoms with Crippen LogP contribution in [0.3, 0.4) is 0 Å². The van der Waals surface area contributed by atoms with Crippen LogP contribution in [0, 0.1) is 47.9 Å². The molecule has 0 saturated carbocycles. The van der Waals surface area contributed by atoms with Crippen molar-refractivity contribution in [2.45, 2.75) is 27.7 Å². The predicted octanol–water partition coefficient (Wildman–Crippen LogP) is 5.63. The molecule has 3 rings (SSSR count). The first-order valence-electron chi connectivity index (χ1n) is 10.4. The Bertz CT molecular complexity index is 1150. The predicted molar refractivity (Wildman–Crippen MR) is 134 cm³/mol. The van der Waals surface area contributed by atoms with E-state index in [1.807, 2.05) is 27.7 Å². The van der Waals surface area contributed by atoms with Gasteiger partial charge in [-0.1, -0.05) is 0 Å². The molecule has 10 nitrogen and oxygen atoms in total. The van der Waals surface area contributed by atoms with E-state index in [4.69, 9.17) is 0 Å². The number of non-ortho nitro benzene ring substituents is 2. The van der Waals surface area contributed by atoms with Gasteiger partial charge >= 0.3 is 0 Å². The quantitative estimate of drug-likeness (QED) is 0.254. The van der Waals surface area contributed by atoms with E-state index in [1.165, 1.54) is 24.3 Å². The van der Waals surface area contributed by atoms with Crippen molar-refractivity contribution >= 4 is 35.2 Å². The molecule has 3 aromatic carbocycles. The summed E-state index contributed by atoms with van der Waals surface area (Å²) in [5, 5.41) is 30.1. The van der Waals surface area contributed by atoms with Crippen molar-refractivity contribution in [2.75, 3.05) is 10.9 Å². The zero-order valence-corrected chi connectivity index (χ0v) is 19.2. The lowest BCUT2D eigenvalue weighted by Gasteiger charge is -2.16. The maximum Gasteiger partial charge on any atom is 0.269 e. The Morgan fingerprint density at radius 2 is 0.912 bits per heavy atom. The van der Waals surface area contributed by atoms with E-state index in [2.05, 4.69) is 21.1 Å². The number of benzene rings is 3. The molecule has 0 aliphatic heterocycles. The van der Waals surface area contributed by atoms with Crippen molar-refractivity contribution in [2.24, 2.45) is 10.2 Å². The van der Waals surface area contributed by atoms with E-state index in [9.17, 15) is 20.2 Å². The van der Waals surface area contributed by atoms with Gasteiger partial charge < -0.3 is 0 Å². The number of hydrogen-bond acceptors (Lipinski definition) is 8. The number of nitrogens with zero attached hydrogens (tertiary/aromatic N) is 4. The number of nitro benzene ring substituents is 2. The lowest BCUT2D eigenvalue weighted by Crippen LogP contribution is -2.06. The van der Waals surface area contributed by atoms with Gasteiger partial charge in [0.15, 0.2) is 0 Å². The zero-order chi connectivity index (χ0) is 24.8. The molecule has 0 atom stereocenters. The first-order chi connectivity index (χ1) is 16.2. The maximum atomic E-state index is 10.8. The molecule has 0 aromatic heterocycles. The number of hydrazone groups is 2. The van der Waals surface area contributed by atoms with Crippen LogP contribution in [-0.4, -0.2) is 22.3 Å². The van der Waals surface area contributed by atoms with E-state index in [1.54, 1.807) is 36.7 Å². The molecule has 34 heavy (non-hydrogen) atoms. The van der Waals surface area contributed by atoms with Gasteiger partial charge in [0, 0.05) is 35.4 Å². The van der Waals surface area contributed by atoms with Crippen molar-refractivity contribution in [3.05, 3.63) is 102 Å². The molecule has 0 spiro atoms. The Labute approximate surface area is 196 Å². The average molecular weight is 460 g/mol. The first-order valence-corrected chi connectivity index (χ1v) is 10.4. The van der Waals surface area contributed by atoms with Gasteiger partial charge in [0.2, 0.25) is 0 Å². The Morgan fingerprint density at radius 1 is 0.618 bits per heavy atom. The summed E-state index contributed by atoms with van der Waals surface area (Å²) in [7, 11) is 0. The van der Waals surface area contributed by atoms with Crippen LogP contribution in [0.25, 0.3) is 0 Å². The topological polar surface area (TPSA) is 135 Å². The summed E-state index contributed by atoms with van der Waals surface area (Å²) >= 11 is 0. The molecule has 10 heteroatoms. The highest BCUT2D eigenvalue weighted by Crippen LogP contribution is 2.25.